The standard InChI is InChI=1S/C15H15BrFNO2S/c1-11-8-14(17)6-7-15(11)21(19,20)18(2)10-12-4-3-5-13(16)9-12/h3-9H,10H2,1-2H3. The summed E-state index contributed by atoms with van der Waals surface area (Å²) in [5.74, 6) is -0.443. The second-order valence-corrected chi connectivity index (χ2v) is 7.73. The van der Waals surface area contributed by atoms with Gasteiger partial charge >= 0.3 is 0 Å². The van der Waals surface area contributed by atoms with Crippen LogP contribution in [0.1, 0.15) is 11.1 Å². The molecule has 6 heteroatoms. The van der Waals surface area contributed by atoms with Gasteiger partial charge in [-0.1, -0.05) is 28.1 Å². The maximum atomic E-state index is 13.1. The predicted molar refractivity (Wildman–Crippen MR) is 83.9 cm³/mol. The van der Waals surface area contributed by atoms with Crippen molar-refractivity contribution in [2.75, 3.05) is 7.05 Å². The van der Waals surface area contributed by atoms with E-state index in [2.05, 4.69) is 15.9 Å². The topological polar surface area (TPSA) is 37.4 Å². The van der Waals surface area contributed by atoms with Crippen LogP contribution in [0, 0.1) is 12.7 Å². The molecule has 2 aromatic rings. The number of aryl methyl sites for hydroxylation is 1. The zero-order chi connectivity index (χ0) is 15.6. The summed E-state index contributed by atoms with van der Waals surface area (Å²) in [7, 11) is -2.13. The Hall–Kier alpha value is -1.24. The second kappa shape index (κ2) is 6.25. The Morgan fingerprint density at radius 1 is 1.19 bits per heavy atom. The van der Waals surface area contributed by atoms with Gasteiger partial charge in [-0.3, -0.25) is 0 Å². The highest BCUT2D eigenvalue weighted by Gasteiger charge is 2.23. The van der Waals surface area contributed by atoms with Crippen LogP contribution < -0.4 is 0 Å². The summed E-state index contributed by atoms with van der Waals surface area (Å²) in [5.41, 5.74) is 1.27. The van der Waals surface area contributed by atoms with Crippen LogP contribution in [0.15, 0.2) is 51.8 Å². The average molecular weight is 372 g/mol. The highest BCUT2D eigenvalue weighted by molar-refractivity contribution is 9.10. The van der Waals surface area contributed by atoms with E-state index < -0.39 is 15.8 Å². The van der Waals surface area contributed by atoms with E-state index in [1.54, 1.807) is 6.92 Å². The van der Waals surface area contributed by atoms with Crippen LogP contribution in [0.3, 0.4) is 0 Å². The molecular formula is C15H15BrFNO2S. The van der Waals surface area contributed by atoms with E-state index in [1.807, 2.05) is 24.3 Å². The molecule has 0 amide bonds. The summed E-state index contributed by atoms with van der Waals surface area (Å²) in [6.45, 7) is 1.83. The van der Waals surface area contributed by atoms with Crippen LogP contribution in [-0.2, 0) is 16.6 Å². The third-order valence-corrected chi connectivity index (χ3v) is 5.58. The molecule has 112 valence electrons. The Morgan fingerprint density at radius 2 is 1.90 bits per heavy atom. The number of hydrogen-bond acceptors (Lipinski definition) is 2. The molecule has 0 bridgehead atoms. The van der Waals surface area contributed by atoms with Gasteiger partial charge in [-0.05, 0) is 48.4 Å². The van der Waals surface area contributed by atoms with Gasteiger partial charge < -0.3 is 0 Å². The first-order chi connectivity index (χ1) is 9.80. The average Bonchev–Trinajstić information content (AvgIpc) is 2.38. The van der Waals surface area contributed by atoms with Crippen molar-refractivity contribution in [2.45, 2.75) is 18.4 Å². The lowest BCUT2D eigenvalue weighted by Crippen LogP contribution is -2.27. The molecule has 0 aliphatic heterocycles. The van der Waals surface area contributed by atoms with E-state index in [4.69, 9.17) is 0 Å². The van der Waals surface area contributed by atoms with Crippen molar-refractivity contribution in [1.29, 1.82) is 0 Å². The molecule has 0 spiro atoms. The fraction of sp³-hybridized carbons (Fsp3) is 0.200. The molecule has 0 heterocycles. The molecule has 0 atom stereocenters. The third kappa shape index (κ3) is 3.70. The molecule has 2 aromatic carbocycles. The Morgan fingerprint density at radius 3 is 2.52 bits per heavy atom. The van der Waals surface area contributed by atoms with E-state index in [-0.39, 0.29) is 11.4 Å². The van der Waals surface area contributed by atoms with Gasteiger partial charge in [0, 0.05) is 18.1 Å². The van der Waals surface area contributed by atoms with Gasteiger partial charge in [0.05, 0.1) is 4.90 Å². The molecule has 2 rings (SSSR count). The quantitative estimate of drug-likeness (QED) is 0.821. The van der Waals surface area contributed by atoms with Gasteiger partial charge in [0.2, 0.25) is 10.0 Å². The highest BCUT2D eigenvalue weighted by Crippen LogP contribution is 2.22. The molecule has 3 nitrogen and oxygen atoms in total. The molecule has 0 fully saturated rings. The van der Waals surface area contributed by atoms with Gasteiger partial charge in [-0.2, -0.15) is 4.31 Å². The van der Waals surface area contributed by atoms with Gasteiger partial charge in [-0.15, -0.1) is 0 Å². The molecular weight excluding hydrogens is 357 g/mol. The molecule has 0 radical (unpaired) electrons. The van der Waals surface area contributed by atoms with Crippen LogP contribution in [0.2, 0.25) is 0 Å². The summed E-state index contributed by atoms with van der Waals surface area (Å²) in [6, 6.07) is 11.1. The summed E-state index contributed by atoms with van der Waals surface area (Å²) in [5, 5.41) is 0. The van der Waals surface area contributed by atoms with Crippen molar-refractivity contribution in [2.24, 2.45) is 0 Å². The van der Waals surface area contributed by atoms with Crippen molar-refractivity contribution >= 4 is 26.0 Å². The molecule has 0 aliphatic carbocycles. The minimum Gasteiger partial charge on any atom is -0.207 e. The number of hydrogen-bond donors (Lipinski definition) is 0. The van der Waals surface area contributed by atoms with E-state index >= 15 is 0 Å². The summed E-state index contributed by atoms with van der Waals surface area (Å²) >= 11 is 3.36. The maximum absolute atomic E-state index is 13.1. The first-order valence-electron chi connectivity index (χ1n) is 6.27. The van der Waals surface area contributed by atoms with Crippen LogP contribution in [0.4, 0.5) is 4.39 Å². The van der Waals surface area contributed by atoms with Gasteiger partial charge in [0.25, 0.3) is 0 Å². The van der Waals surface area contributed by atoms with Gasteiger partial charge in [-0.25, -0.2) is 12.8 Å². The van der Waals surface area contributed by atoms with Crippen molar-refractivity contribution in [1.82, 2.24) is 4.31 Å². The van der Waals surface area contributed by atoms with Crippen molar-refractivity contribution < 1.29 is 12.8 Å². The molecule has 0 unspecified atom stereocenters. The first-order valence-corrected chi connectivity index (χ1v) is 8.51. The molecule has 0 saturated carbocycles. The van der Waals surface area contributed by atoms with Crippen molar-refractivity contribution in [3.05, 3.63) is 63.9 Å². The Labute approximate surface area is 132 Å². The van der Waals surface area contributed by atoms with E-state index in [0.29, 0.717) is 5.56 Å². The number of rotatable bonds is 4. The molecule has 0 aromatic heterocycles. The highest BCUT2D eigenvalue weighted by atomic mass is 79.9. The smallest absolute Gasteiger partial charge is 0.207 e. The minimum absolute atomic E-state index is 0.126. The first kappa shape index (κ1) is 16.1. The van der Waals surface area contributed by atoms with Crippen molar-refractivity contribution in [3.63, 3.8) is 0 Å². The molecule has 0 N–H and O–H groups in total. The zero-order valence-corrected chi connectivity index (χ0v) is 14.1. The predicted octanol–water partition coefficient (Wildman–Crippen LogP) is 3.72. The normalized spacial score (nSPS) is 11.9. The Kier molecular flexibility index (Phi) is 4.81. The van der Waals surface area contributed by atoms with Gasteiger partial charge in [0.15, 0.2) is 0 Å². The number of sulfonamides is 1. The zero-order valence-electron chi connectivity index (χ0n) is 11.7. The van der Waals surface area contributed by atoms with E-state index in [9.17, 15) is 12.8 Å². The fourth-order valence-corrected chi connectivity index (χ4v) is 3.85. The number of halogens is 2. The largest absolute Gasteiger partial charge is 0.243 e. The maximum Gasteiger partial charge on any atom is 0.243 e. The van der Waals surface area contributed by atoms with Gasteiger partial charge in [0.1, 0.15) is 5.82 Å². The SMILES string of the molecule is Cc1cc(F)ccc1S(=O)(=O)N(C)Cc1cccc(Br)c1. The molecule has 0 saturated heterocycles. The summed E-state index contributed by atoms with van der Waals surface area (Å²) < 4.78 is 40.4. The number of benzene rings is 2. The van der Waals surface area contributed by atoms with Crippen LogP contribution in [0.5, 0.6) is 0 Å². The lowest BCUT2D eigenvalue weighted by atomic mass is 10.2. The fourth-order valence-electron chi connectivity index (χ4n) is 2.05. The second-order valence-electron chi connectivity index (χ2n) is 4.80. The Bertz CT molecular complexity index is 762. The van der Waals surface area contributed by atoms with E-state index in [0.717, 1.165) is 16.1 Å². The molecule has 21 heavy (non-hydrogen) atoms. The third-order valence-electron chi connectivity index (χ3n) is 3.12. The number of nitrogens with zero attached hydrogens (tertiary/aromatic N) is 1. The van der Waals surface area contributed by atoms with Crippen LogP contribution in [0.25, 0.3) is 0 Å². The monoisotopic (exact) mass is 371 g/mol. The van der Waals surface area contributed by atoms with E-state index in [1.165, 1.54) is 23.5 Å². The molecule has 0 aliphatic rings. The van der Waals surface area contributed by atoms with Crippen molar-refractivity contribution in [3.8, 4) is 0 Å². The Balaban J connectivity index is 2.30. The summed E-state index contributed by atoms with van der Waals surface area (Å²) in [6.07, 6.45) is 0. The lowest BCUT2D eigenvalue weighted by Gasteiger charge is -2.18. The summed E-state index contributed by atoms with van der Waals surface area (Å²) in [4.78, 5) is 0.126. The van der Waals surface area contributed by atoms with Crippen LogP contribution in [-0.4, -0.2) is 19.8 Å². The minimum atomic E-state index is -3.65. The lowest BCUT2D eigenvalue weighted by molar-refractivity contribution is 0.466. The van der Waals surface area contributed by atoms with Crippen LogP contribution >= 0.6 is 15.9 Å².